The Hall–Kier alpha value is -1.78. The molecule has 0 amide bonds. The second kappa shape index (κ2) is 6.23. The first kappa shape index (κ1) is 14.3. The third-order valence-corrected chi connectivity index (χ3v) is 2.50. The van der Waals surface area contributed by atoms with E-state index < -0.39 is 11.8 Å². The van der Waals surface area contributed by atoms with Crippen LogP contribution in [0, 0.1) is 5.82 Å². The van der Waals surface area contributed by atoms with Gasteiger partial charge in [-0.25, -0.2) is 9.18 Å². The Kier molecular flexibility index (Phi) is 4.95. The number of hydrogen-bond donors (Lipinski definition) is 1. The fraction of sp³-hybridized carbons (Fsp3) is 0.462. The standard InChI is InChI=1S/C13H18FNO3/c1-4-8(3)18-12-6-9(13(16)17-5-2)11(15)7-10(12)14/h6-8H,4-5,15H2,1-3H3. The number of anilines is 1. The topological polar surface area (TPSA) is 61.5 Å². The van der Waals surface area contributed by atoms with E-state index in [1.807, 2.05) is 13.8 Å². The van der Waals surface area contributed by atoms with Crippen molar-refractivity contribution in [3.8, 4) is 5.75 Å². The van der Waals surface area contributed by atoms with Crippen LogP contribution in [0.25, 0.3) is 0 Å². The second-order valence-electron chi connectivity index (χ2n) is 3.93. The van der Waals surface area contributed by atoms with Gasteiger partial charge < -0.3 is 15.2 Å². The van der Waals surface area contributed by atoms with Gasteiger partial charge in [0.15, 0.2) is 11.6 Å². The Morgan fingerprint density at radius 2 is 2.11 bits per heavy atom. The number of rotatable bonds is 5. The number of hydrogen-bond acceptors (Lipinski definition) is 4. The molecule has 18 heavy (non-hydrogen) atoms. The molecule has 2 N–H and O–H groups in total. The monoisotopic (exact) mass is 255 g/mol. The number of ether oxygens (including phenoxy) is 2. The molecule has 0 radical (unpaired) electrons. The third kappa shape index (κ3) is 3.35. The first-order valence-corrected chi connectivity index (χ1v) is 5.92. The average molecular weight is 255 g/mol. The molecule has 100 valence electrons. The maximum absolute atomic E-state index is 13.6. The minimum Gasteiger partial charge on any atom is -0.488 e. The van der Waals surface area contributed by atoms with E-state index in [2.05, 4.69) is 0 Å². The first-order valence-electron chi connectivity index (χ1n) is 5.92. The van der Waals surface area contributed by atoms with Crippen molar-refractivity contribution in [2.24, 2.45) is 0 Å². The molecule has 1 aromatic carbocycles. The first-order chi connectivity index (χ1) is 8.49. The van der Waals surface area contributed by atoms with Crippen molar-refractivity contribution in [3.05, 3.63) is 23.5 Å². The third-order valence-electron chi connectivity index (χ3n) is 2.50. The largest absolute Gasteiger partial charge is 0.488 e. The molecule has 0 saturated heterocycles. The lowest BCUT2D eigenvalue weighted by atomic mass is 10.1. The predicted octanol–water partition coefficient (Wildman–Crippen LogP) is 2.76. The van der Waals surface area contributed by atoms with Crippen molar-refractivity contribution in [1.82, 2.24) is 0 Å². The Bertz CT molecular complexity index is 434. The average Bonchev–Trinajstić information content (AvgIpc) is 2.32. The van der Waals surface area contributed by atoms with Crippen LogP contribution in [0.1, 0.15) is 37.6 Å². The maximum Gasteiger partial charge on any atom is 0.340 e. The van der Waals surface area contributed by atoms with Crippen molar-refractivity contribution < 1.29 is 18.7 Å². The summed E-state index contributed by atoms with van der Waals surface area (Å²) in [5.74, 6) is -1.15. The van der Waals surface area contributed by atoms with Gasteiger partial charge in [-0.1, -0.05) is 6.92 Å². The lowest BCUT2D eigenvalue weighted by molar-refractivity contribution is 0.0526. The summed E-state index contributed by atoms with van der Waals surface area (Å²) in [5.41, 5.74) is 5.75. The number of esters is 1. The molecule has 0 spiro atoms. The minimum atomic E-state index is -0.583. The van der Waals surface area contributed by atoms with Crippen LogP contribution in [0.15, 0.2) is 12.1 Å². The zero-order valence-corrected chi connectivity index (χ0v) is 10.8. The number of nitrogen functional groups attached to an aromatic ring is 1. The van der Waals surface area contributed by atoms with Crippen LogP contribution in [0.4, 0.5) is 10.1 Å². The molecule has 0 bridgehead atoms. The highest BCUT2D eigenvalue weighted by Crippen LogP contribution is 2.26. The highest BCUT2D eigenvalue weighted by molar-refractivity contribution is 5.95. The summed E-state index contributed by atoms with van der Waals surface area (Å²) in [6.07, 6.45) is 0.594. The van der Waals surface area contributed by atoms with Crippen LogP contribution < -0.4 is 10.5 Å². The van der Waals surface area contributed by atoms with Gasteiger partial charge in [0.05, 0.1) is 18.3 Å². The summed E-state index contributed by atoms with van der Waals surface area (Å²) < 4.78 is 23.8. The normalized spacial score (nSPS) is 12.0. The van der Waals surface area contributed by atoms with Crippen LogP contribution in [0.2, 0.25) is 0 Å². The van der Waals surface area contributed by atoms with E-state index in [1.54, 1.807) is 6.92 Å². The zero-order chi connectivity index (χ0) is 13.7. The molecule has 0 heterocycles. The maximum atomic E-state index is 13.6. The summed E-state index contributed by atoms with van der Waals surface area (Å²) in [6, 6.07) is 2.36. The van der Waals surface area contributed by atoms with Crippen molar-refractivity contribution in [2.45, 2.75) is 33.3 Å². The predicted molar refractivity (Wildman–Crippen MR) is 67.1 cm³/mol. The molecule has 0 fully saturated rings. The van der Waals surface area contributed by atoms with Crippen LogP contribution in [-0.4, -0.2) is 18.7 Å². The molecule has 0 aliphatic heterocycles. The van der Waals surface area contributed by atoms with Gasteiger partial charge in [-0.15, -0.1) is 0 Å². The highest BCUT2D eigenvalue weighted by atomic mass is 19.1. The van der Waals surface area contributed by atoms with E-state index >= 15 is 0 Å². The van der Waals surface area contributed by atoms with Gasteiger partial charge in [0.1, 0.15) is 0 Å². The van der Waals surface area contributed by atoms with Gasteiger partial charge in [0, 0.05) is 11.8 Å². The second-order valence-corrected chi connectivity index (χ2v) is 3.93. The van der Waals surface area contributed by atoms with E-state index in [4.69, 9.17) is 15.2 Å². The Morgan fingerprint density at radius 3 is 2.67 bits per heavy atom. The molecular formula is C13H18FNO3. The molecule has 1 rings (SSSR count). The van der Waals surface area contributed by atoms with Gasteiger partial charge in [0.25, 0.3) is 0 Å². The Labute approximate surface area is 106 Å². The zero-order valence-electron chi connectivity index (χ0n) is 10.8. The van der Waals surface area contributed by atoms with Crippen molar-refractivity contribution in [3.63, 3.8) is 0 Å². The number of carbonyl (C=O) groups is 1. The lowest BCUT2D eigenvalue weighted by Crippen LogP contribution is -2.13. The molecule has 0 aliphatic carbocycles. The molecule has 5 heteroatoms. The number of carbonyl (C=O) groups excluding carboxylic acids is 1. The van der Waals surface area contributed by atoms with Crippen LogP contribution in [0.5, 0.6) is 5.75 Å². The summed E-state index contributed by atoms with van der Waals surface area (Å²) >= 11 is 0. The van der Waals surface area contributed by atoms with E-state index in [-0.39, 0.29) is 29.7 Å². The molecule has 0 aliphatic rings. The molecule has 0 aromatic heterocycles. The smallest absolute Gasteiger partial charge is 0.340 e. The molecular weight excluding hydrogens is 237 g/mol. The molecule has 0 saturated carbocycles. The summed E-state index contributed by atoms with van der Waals surface area (Å²) in [7, 11) is 0. The highest BCUT2D eigenvalue weighted by Gasteiger charge is 2.17. The summed E-state index contributed by atoms with van der Waals surface area (Å²) in [6.45, 7) is 5.66. The van der Waals surface area contributed by atoms with Crippen molar-refractivity contribution in [1.29, 1.82) is 0 Å². The fourth-order valence-electron chi connectivity index (χ4n) is 1.34. The Morgan fingerprint density at radius 1 is 1.44 bits per heavy atom. The lowest BCUT2D eigenvalue weighted by Gasteiger charge is -2.15. The van der Waals surface area contributed by atoms with E-state index in [1.165, 1.54) is 6.07 Å². The van der Waals surface area contributed by atoms with Crippen LogP contribution in [0.3, 0.4) is 0 Å². The van der Waals surface area contributed by atoms with E-state index in [0.717, 1.165) is 12.5 Å². The van der Waals surface area contributed by atoms with Crippen LogP contribution in [-0.2, 0) is 4.74 Å². The summed E-state index contributed by atoms with van der Waals surface area (Å²) in [5, 5.41) is 0. The van der Waals surface area contributed by atoms with Gasteiger partial charge in [-0.2, -0.15) is 0 Å². The number of benzene rings is 1. The van der Waals surface area contributed by atoms with E-state index in [9.17, 15) is 9.18 Å². The fourth-order valence-corrected chi connectivity index (χ4v) is 1.34. The molecule has 1 aromatic rings. The summed E-state index contributed by atoms with van der Waals surface area (Å²) in [4.78, 5) is 11.6. The van der Waals surface area contributed by atoms with Crippen LogP contribution >= 0.6 is 0 Å². The van der Waals surface area contributed by atoms with Gasteiger partial charge in [0.2, 0.25) is 0 Å². The quantitative estimate of drug-likeness (QED) is 0.649. The number of halogens is 1. The Balaban J connectivity index is 3.05. The molecule has 1 unspecified atom stereocenters. The van der Waals surface area contributed by atoms with E-state index in [0.29, 0.717) is 0 Å². The minimum absolute atomic E-state index is 0.0154. The molecule has 4 nitrogen and oxygen atoms in total. The SMILES string of the molecule is CCOC(=O)c1cc(OC(C)CC)c(F)cc1N. The van der Waals surface area contributed by atoms with Gasteiger partial charge in [-0.05, 0) is 26.3 Å². The van der Waals surface area contributed by atoms with Gasteiger partial charge in [-0.3, -0.25) is 0 Å². The number of nitrogens with two attached hydrogens (primary N) is 1. The van der Waals surface area contributed by atoms with Crippen molar-refractivity contribution in [2.75, 3.05) is 12.3 Å². The molecule has 1 atom stereocenters. The van der Waals surface area contributed by atoms with Crippen molar-refractivity contribution >= 4 is 11.7 Å². The van der Waals surface area contributed by atoms with Gasteiger partial charge >= 0.3 is 5.97 Å².